The van der Waals surface area contributed by atoms with Gasteiger partial charge in [0.15, 0.2) is 9.84 Å². The Kier molecular flexibility index (Phi) is 4.86. The lowest BCUT2D eigenvalue weighted by atomic mass is 9.96. The number of carboxylic acid groups (broad SMARTS) is 1. The number of hydrogen-bond donors (Lipinski definition) is 1. The van der Waals surface area contributed by atoms with Crippen LogP contribution in [0.2, 0.25) is 0 Å². The molecule has 6 nitrogen and oxygen atoms in total. The van der Waals surface area contributed by atoms with Crippen molar-refractivity contribution in [3.8, 4) is 0 Å². The molecule has 1 fully saturated rings. The van der Waals surface area contributed by atoms with Crippen LogP contribution in [0.3, 0.4) is 0 Å². The summed E-state index contributed by atoms with van der Waals surface area (Å²) in [5.74, 6) is -6.35. The summed E-state index contributed by atoms with van der Waals surface area (Å²) in [5.41, 5.74) is 0.328. The first kappa shape index (κ1) is 19.2. The summed E-state index contributed by atoms with van der Waals surface area (Å²) in [6.07, 6.45) is -3.80. The maximum atomic E-state index is 13.0. The summed E-state index contributed by atoms with van der Waals surface area (Å²) in [6, 6.07) is 3.78. The second-order valence-corrected chi connectivity index (χ2v) is 8.07. The Balaban J connectivity index is 2.37. The number of hydrogen-bond acceptors (Lipinski definition) is 4. The standard InChI is InChI=1S/C15H16F3NO5S/c1-8-3-4-9(25(2,23)24)5-10(8)13(20)19-6-11(14(21)22)12(7-19)15(16,17)18/h3-5,11-12H,6-7H2,1-2H3,(H,21,22)/t11-,12-/m1/s1. The van der Waals surface area contributed by atoms with Crippen LogP contribution >= 0.6 is 0 Å². The maximum absolute atomic E-state index is 13.0. The molecule has 2 rings (SSSR count). The van der Waals surface area contributed by atoms with E-state index in [0.29, 0.717) is 5.56 Å². The number of halogens is 3. The Morgan fingerprint density at radius 3 is 2.28 bits per heavy atom. The molecule has 1 amide bonds. The molecule has 0 radical (unpaired) electrons. The SMILES string of the molecule is Cc1ccc(S(C)(=O)=O)cc1C(=O)N1C[C@@H](C(F)(F)F)[C@H](C(=O)O)C1. The average molecular weight is 379 g/mol. The minimum atomic E-state index is -4.75. The van der Waals surface area contributed by atoms with Gasteiger partial charge in [0.05, 0.1) is 16.7 Å². The average Bonchev–Trinajstić information content (AvgIpc) is 2.91. The fourth-order valence-corrected chi connectivity index (χ4v) is 3.43. The van der Waals surface area contributed by atoms with E-state index in [0.717, 1.165) is 17.2 Å². The van der Waals surface area contributed by atoms with Crippen LogP contribution in [0.5, 0.6) is 0 Å². The molecule has 0 spiro atoms. The molecule has 0 aliphatic carbocycles. The van der Waals surface area contributed by atoms with Gasteiger partial charge in [-0.1, -0.05) is 6.07 Å². The van der Waals surface area contributed by atoms with Crippen LogP contribution in [-0.4, -0.2) is 55.8 Å². The van der Waals surface area contributed by atoms with Crippen molar-refractivity contribution in [2.75, 3.05) is 19.3 Å². The molecule has 1 saturated heterocycles. The lowest BCUT2D eigenvalue weighted by Crippen LogP contribution is -2.34. The monoisotopic (exact) mass is 379 g/mol. The Labute approximate surface area is 142 Å². The molecule has 0 aromatic heterocycles. The molecule has 0 bridgehead atoms. The van der Waals surface area contributed by atoms with Gasteiger partial charge in [-0.15, -0.1) is 0 Å². The third-order valence-electron chi connectivity index (χ3n) is 4.21. The van der Waals surface area contributed by atoms with Crippen LogP contribution in [0.25, 0.3) is 0 Å². The minimum absolute atomic E-state index is 0.0603. The van der Waals surface area contributed by atoms with Crippen LogP contribution in [0.1, 0.15) is 15.9 Å². The zero-order valence-electron chi connectivity index (χ0n) is 13.4. The number of sulfone groups is 1. The van der Waals surface area contributed by atoms with Crippen LogP contribution in [0.15, 0.2) is 23.1 Å². The number of benzene rings is 1. The van der Waals surface area contributed by atoms with Gasteiger partial charge in [0.25, 0.3) is 5.91 Å². The quantitative estimate of drug-likeness (QED) is 0.864. The van der Waals surface area contributed by atoms with Gasteiger partial charge in [0.2, 0.25) is 0 Å². The van der Waals surface area contributed by atoms with Gasteiger partial charge in [-0.2, -0.15) is 13.2 Å². The van der Waals surface area contributed by atoms with Crippen LogP contribution < -0.4 is 0 Å². The number of aliphatic carboxylic acids is 1. The van der Waals surface area contributed by atoms with Gasteiger partial charge >= 0.3 is 12.1 Å². The van der Waals surface area contributed by atoms with E-state index in [1.807, 2.05) is 0 Å². The zero-order valence-corrected chi connectivity index (χ0v) is 14.2. The highest BCUT2D eigenvalue weighted by Crippen LogP contribution is 2.38. The second-order valence-electron chi connectivity index (χ2n) is 6.05. The zero-order chi connectivity index (χ0) is 19.2. The Bertz CT molecular complexity index is 819. The predicted octanol–water partition coefficient (Wildman–Crippen LogP) is 1.73. The minimum Gasteiger partial charge on any atom is -0.481 e. The van der Waals surface area contributed by atoms with Gasteiger partial charge in [-0.05, 0) is 24.6 Å². The van der Waals surface area contributed by atoms with Crippen molar-refractivity contribution in [3.05, 3.63) is 29.3 Å². The van der Waals surface area contributed by atoms with Crippen LogP contribution in [0, 0.1) is 18.8 Å². The highest BCUT2D eigenvalue weighted by atomic mass is 32.2. The first-order valence-corrected chi connectivity index (χ1v) is 9.11. The molecule has 1 heterocycles. The molecule has 2 atom stereocenters. The second kappa shape index (κ2) is 6.32. The lowest BCUT2D eigenvalue weighted by molar-refractivity contribution is -0.187. The first-order valence-electron chi connectivity index (χ1n) is 7.22. The van der Waals surface area contributed by atoms with Crippen molar-refractivity contribution in [3.63, 3.8) is 0 Å². The van der Waals surface area contributed by atoms with Gasteiger partial charge in [-0.25, -0.2) is 8.42 Å². The third-order valence-corrected chi connectivity index (χ3v) is 5.32. The summed E-state index contributed by atoms with van der Waals surface area (Å²) in [4.78, 5) is 24.3. The number of carbonyl (C=O) groups excluding carboxylic acids is 1. The summed E-state index contributed by atoms with van der Waals surface area (Å²) in [7, 11) is -3.60. The van der Waals surface area contributed by atoms with Crippen molar-refractivity contribution in [2.45, 2.75) is 18.0 Å². The molecule has 1 aromatic rings. The summed E-state index contributed by atoms with van der Waals surface area (Å²) in [6.45, 7) is 0.161. The van der Waals surface area contributed by atoms with Gasteiger partial charge in [-0.3, -0.25) is 9.59 Å². The van der Waals surface area contributed by atoms with E-state index in [9.17, 15) is 31.2 Å². The molecule has 1 aromatic carbocycles. The number of carbonyl (C=O) groups is 2. The van der Waals surface area contributed by atoms with Crippen molar-refractivity contribution >= 4 is 21.7 Å². The van der Waals surface area contributed by atoms with E-state index >= 15 is 0 Å². The topological polar surface area (TPSA) is 91.8 Å². The highest BCUT2D eigenvalue weighted by molar-refractivity contribution is 7.90. The molecule has 10 heteroatoms. The largest absolute Gasteiger partial charge is 0.481 e. The third kappa shape index (κ3) is 3.94. The van der Waals surface area contributed by atoms with Crippen molar-refractivity contribution in [1.29, 1.82) is 0 Å². The van der Waals surface area contributed by atoms with Crippen LogP contribution in [-0.2, 0) is 14.6 Å². The van der Waals surface area contributed by atoms with Crippen molar-refractivity contribution < 1.29 is 36.3 Å². The number of likely N-dealkylation sites (tertiary alicyclic amines) is 1. The van der Waals surface area contributed by atoms with Crippen LogP contribution in [0.4, 0.5) is 13.2 Å². The molecule has 0 saturated carbocycles. The molecule has 0 unspecified atom stereocenters. The Hall–Kier alpha value is -2.10. The molecule has 1 N–H and O–H groups in total. The van der Waals surface area contributed by atoms with E-state index in [-0.39, 0.29) is 10.5 Å². The fourth-order valence-electron chi connectivity index (χ4n) is 2.78. The first-order chi connectivity index (χ1) is 11.3. The molecular weight excluding hydrogens is 363 g/mol. The van der Waals surface area contributed by atoms with E-state index < -0.39 is 52.8 Å². The van der Waals surface area contributed by atoms with Gasteiger partial charge in [0, 0.05) is 24.9 Å². The normalized spacial score (nSPS) is 21.4. The number of aryl methyl sites for hydroxylation is 1. The molecule has 1 aliphatic heterocycles. The van der Waals surface area contributed by atoms with Gasteiger partial charge < -0.3 is 10.0 Å². The van der Waals surface area contributed by atoms with Crippen molar-refractivity contribution in [2.24, 2.45) is 11.8 Å². The number of amides is 1. The Morgan fingerprint density at radius 2 is 1.84 bits per heavy atom. The highest BCUT2D eigenvalue weighted by Gasteiger charge is 2.53. The maximum Gasteiger partial charge on any atom is 0.394 e. The fraction of sp³-hybridized carbons (Fsp3) is 0.467. The van der Waals surface area contributed by atoms with E-state index in [1.165, 1.54) is 19.1 Å². The lowest BCUT2D eigenvalue weighted by Gasteiger charge is -2.19. The molecular formula is C15H16F3NO5S. The van der Waals surface area contributed by atoms with E-state index in [2.05, 4.69) is 0 Å². The van der Waals surface area contributed by atoms with Gasteiger partial charge in [0.1, 0.15) is 0 Å². The number of alkyl halides is 3. The number of nitrogens with zero attached hydrogens (tertiary/aromatic N) is 1. The summed E-state index contributed by atoms with van der Waals surface area (Å²) < 4.78 is 62.3. The molecule has 138 valence electrons. The van der Waals surface area contributed by atoms with Crippen molar-refractivity contribution in [1.82, 2.24) is 4.90 Å². The Morgan fingerprint density at radius 1 is 1.24 bits per heavy atom. The summed E-state index contributed by atoms with van der Waals surface area (Å²) in [5, 5.41) is 9.01. The predicted molar refractivity (Wildman–Crippen MR) is 80.9 cm³/mol. The van der Waals surface area contributed by atoms with E-state index in [4.69, 9.17) is 5.11 Å². The van der Waals surface area contributed by atoms with E-state index in [1.54, 1.807) is 0 Å². The number of rotatable bonds is 3. The number of carboxylic acids is 1. The molecule has 1 aliphatic rings. The summed E-state index contributed by atoms with van der Waals surface area (Å²) >= 11 is 0. The molecule has 25 heavy (non-hydrogen) atoms. The smallest absolute Gasteiger partial charge is 0.394 e.